The van der Waals surface area contributed by atoms with E-state index in [4.69, 9.17) is 5.11 Å². The lowest BCUT2D eigenvalue weighted by molar-refractivity contribution is -0.141. The van der Waals surface area contributed by atoms with Crippen LogP contribution in [0.15, 0.2) is 5.38 Å². The number of halogens is 3. The van der Waals surface area contributed by atoms with Crippen LogP contribution in [-0.4, -0.2) is 28.6 Å². The molecule has 0 aromatic carbocycles. The first-order valence-electron chi connectivity index (χ1n) is 6.02. The molecule has 1 aromatic heterocycles. The highest BCUT2D eigenvalue weighted by molar-refractivity contribution is 7.09. The summed E-state index contributed by atoms with van der Waals surface area (Å²) in [4.78, 5) is 25.3. The molecule has 0 radical (unpaired) electrons. The predicted octanol–water partition coefficient (Wildman–Crippen LogP) is 2.39. The van der Waals surface area contributed by atoms with Gasteiger partial charge in [-0.3, -0.25) is 4.79 Å². The molecule has 21 heavy (non-hydrogen) atoms. The molecule has 118 valence electrons. The molecule has 0 saturated carbocycles. The van der Waals surface area contributed by atoms with Gasteiger partial charge in [0.25, 0.3) is 0 Å². The van der Waals surface area contributed by atoms with Crippen LogP contribution in [0.4, 0.5) is 18.0 Å². The molecule has 10 heteroatoms. The molecule has 6 nitrogen and oxygen atoms in total. The third-order valence-electron chi connectivity index (χ3n) is 2.45. The quantitative estimate of drug-likeness (QED) is 0.749. The van der Waals surface area contributed by atoms with E-state index >= 15 is 0 Å². The molecule has 0 fully saturated rings. The molecule has 0 bridgehead atoms. The van der Waals surface area contributed by atoms with Crippen LogP contribution in [0.2, 0.25) is 0 Å². The number of urea groups is 1. The molecule has 0 spiro atoms. The summed E-state index contributed by atoms with van der Waals surface area (Å²) >= 11 is 0.812. The summed E-state index contributed by atoms with van der Waals surface area (Å²) < 4.78 is 37.4. The molecule has 1 rings (SSSR count). The average Bonchev–Trinajstić information content (AvgIpc) is 2.84. The second-order valence-corrected chi connectivity index (χ2v) is 4.96. The van der Waals surface area contributed by atoms with Crippen LogP contribution < -0.4 is 10.6 Å². The fourth-order valence-corrected chi connectivity index (χ4v) is 2.37. The first-order valence-corrected chi connectivity index (χ1v) is 6.90. The number of carbonyl (C=O) groups excluding carboxylic acids is 1. The van der Waals surface area contributed by atoms with Crippen molar-refractivity contribution in [2.24, 2.45) is 0 Å². The van der Waals surface area contributed by atoms with E-state index in [1.54, 1.807) is 6.92 Å². The predicted molar refractivity (Wildman–Crippen MR) is 68.9 cm³/mol. The number of nitrogens with one attached hydrogen (secondary N) is 2. The molecule has 1 heterocycles. The highest BCUT2D eigenvalue weighted by Gasteiger charge is 2.34. The third kappa shape index (κ3) is 5.58. The monoisotopic (exact) mass is 325 g/mol. The topological polar surface area (TPSA) is 91.3 Å². The summed E-state index contributed by atoms with van der Waals surface area (Å²) in [6.07, 6.45) is -4.40. The van der Waals surface area contributed by atoms with Crippen molar-refractivity contribution in [1.29, 1.82) is 0 Å². The van der Waals surface area contributed by atoms with Gasteiger partial charge in [-0.05, 0) is 6.42 Å². The lowest BCUT2D eigenvalue weighted by Gasteiger charge is -2.15. The molecule has 0 aliphatic carbocycles. The summed E-state index contributed by atoms with van der Waals surface area (Å²) in [7, 11) is 0. The van der Waals surface area contributed by atoms with E-state index in [9.17, 15) is 22.8 Å². The molecule has 1 unspecified atom stereocenters. The van der Waals surface area contributed by atoms with Gasteiger partial charge in [-0.15, -0.1) is 11.3 Å². The van der Waals surface area contributed by atoms with E-state index < -0.39 is 29.9 Å². The SMILES string of the molecule is CCC(NC(=O)NCCC(=O)O)c1nc(C(F)(F)F)cs1. The zero-order valence-corrected chi connectivity index (χ0v) is 11.8. The third-order valence-corrected chi connectivity index (χ3v) is 3.41. The molecule has 3 N–H and O–H groups in total. The van der Waals surface area contributed by atoms with Gasteiger partial charge < -0.3 is 15.7 Å². The second kappa shape index (κ2) is 7.25. The van der Waals surface area contributed by atoms with Gasteiger partial charge in [0.15, 0.2) is 5.69 Å². The van der Waals surface area contributed by atoms with Crippen molar-refractivity contribution in [3.05, 3.63) is 16.1 Å². The van der Waals surface area contributed by atoms with E-state index in [1.165, 1.54) is 0 Å². The van der Waals surface area contributed by atoms with Crippen molar-refractivity contribution < 1.29 is 27.9 Å². The minimum Gasteiger partial charge on any atom is -0.481 e. The van der Waals surface area contributed by atoms with Crippen molar-refractivity contribution in [2.45, 2.75) is 32.0 Å². The number of carbonyl (C=O) groups is 2. The molecule has 0 saturated heterocycles. The first kappa shape index (κ1) is 17.2. The summed E-state index contributed by atoms with van der Waals surface area (Å²) in [5, 5.41) is 14.2. The number of hydrogen-bond donors (Lipinski definition) is 3. The highest BCUT2D eigenvalue weighted by Crippen LogP contribution is 2.32. The maximum atomic E-state index is 12.5. The van der Waals surface area contributed by atoms with Crippen molar-refractivity contribution >= 4 is 23.3 Å². The van der Waals surface area contributed by atoms with Gasteiger partial charge in [0.1, 0.15) is 5.01 Å². The van der Waals surface area contributed by atoms with Gasteiger partial charge in [0, 0.05) is 11.9 Å². The Morgan fingerprint density at radius 2 is 2.14 bits per heavy atom. The Hall–Kier alpha value is -1.84. The lowest BCUT2D eigenvalue weighted by Crippen LogP contribution is -2.38. The minimum atomic E-state index is -4.52. The minimum absolute atomic E-state index is 0.0662. The molecule has 1 atom stereocenters. The maximum absolute atomic E-state index is 12.5. The van der Waals surface area contributed by atoms with E-state index in [1.807, 2.05) is 0 Å². The van der Waals surface area contributed by atoms with Crippen LogP contribution in [0, 0.1) is 0 Å². The largest absolute Gasteiger partial charge is 0.481 e. The van der Waals surface area contributed by atoms with Gasteiger partial charge in [0.05, 0.1) is 12.5 Å². The van der Waals surface area contributed by atoms with Crippen LogP contribution in [-0.2, 0) is 11.0 Å². The standard InChI is InChI=1S/C11H14F3N3O3S/c1-2-6(16-10(20)15-4-3-8(18)19)9-17-7(5-21-9)11(12,13)14/h5-6H,2-4H2,1H3,(H,18,19)(H2,15,16,20). The van der Waals surface area contributed by atoms with Crippen molar-refractivity contribution in [2.75, 3.05) is 6.54 Å². The van der Waals surface area contributed by atoms with E-state index in [0.717, 1.165) is 16.7 Å². The van der Waals surface area contributed by atoms with Gasteiger partial charge >= 0.3 is 18.2 Å². The summed E-state index contributed by atoms with van der Waals surface area (Å²) in [5.41, 5.74) is -0.992. The average molecular weight is 325 g/mol. The molecule has 0 aliphatic heterocycles. The zero-order valence-electron chi connectivity index (χ0n) is 11.0. The highest BCUT2D eigenvalue weighted by atomic mass is 32.1. The number of amides is 2. The van der Waals surface area contributed by atoms with Gasteiger partial charge in [0.2, 0.25) is 0 Å². The fourth-order valence-electron chi connectivity index (χ4n) is 1.41. The number of rotatable bonds is 6. The van der Waals surface area contributed by atoms with E-state index in [2.05, 4.69) is 15.6 Å². The normalized spacial score (nSPS) is 12.8. The second-order valence-electron chi connectivity index (χ2n) is 4.07. The van der Waals surface area contributed by atoms with Crippen LogP contribution in [0.5, 0.6) is 0 Å². The van der Waals surface area contributed by atoms with E-state index in [0.29, 0.717) is 6.42 Å². The number of alkyl halides is 3. The molecular formula is C11H14F3N3O3S. The Morgan fingerprint density at radius 1 is 1.48 bits per heavy atom. The van der Waals surface area contributed by atoms with Crippen molar-refractivity contribution in [3.63, 3.8) is 0 Å². The molecular weight excluding hydrogens is 311 g/mol. The van der Waals surface area contributed by atoms with Crippen molar-refractivity contribution in [1.82, 2.24) is 15.6 Å². The number of carboxylic acid groups (broad SMARTS) is 1. The lowest BCUT2D eigenvalue weighted by atomic mass is 10.2. The number of thiazole rings is 1. The fraction of sp³-hybridized carbons (Fsp3) is 0.545. The van der Waals surface area contributed by atoms with Crippen LogP contribution in [0.3, 0.4) is 0 Å². The van der Waals surface area contributed by atoms with Crippen LogP contribution in [0.25, 0.3) is 0 Å². The number of aliphatic carboxylic acids is 1. The summed E-state index contributed by atoms with van der Waals surface area (Å²) in [6, 6.07) is -1.30. The van der Waals surface area contributed by atoms with E-state index in [-0.39, 0.29) is 18.0 Å². The summed E-state index contributed by atoms with van der Waals surface area (Å²) in [6.45, 7) is 1.63. The Morgan fingerprint density at radius 3 is 2.62 bits per heavy atom. The smallest absolute Gasteiger partial charge is 0.434 e. The van der Waals surface area contributed by atoms with Gasteiger partial charge in [-0.25, -0.2) is 9.78 Å². The first-order chi connectivity index (χ1) is 9.74. The number of hydrogen-bond acceptors (Lipinski definition) is 4. The number of aromatic nitrogens is 1. The van der Waals surface area contributed by atoms with Crippen LogP contribution in [0.1, 0.15) is 36.5 Å². The Balaban J connectivity index is 2.60. The molecule has 0 aliphatic rings. The van der Waals surface area contributed by atoms with Crippen molar-refractivity contribution in [3.8, 4) is 0 Å². The Kier molecular flexibility index (Phi) is 5.94. The maximum Gasteiger partial charge on any atom is 0.434 e. The van der Waals surface area contributed by atoms with Gasteiger partial charge in [-0.1, -0.05) is 6.92 Å². The number of nitrogens with zero attached hydrogens (tertiary/aromatic N) is 1. The summed E-state index contributed by atoms with van der Waals surface area (Å²) in [5.74, 6) is -1.06. The molecule has 2 amide bonds. The number of carboxylic acids is 1. The van der Waals surface area contributed by atoms with Gasteiger partial charge in [-0.2, -0.15) is 13.2 Å². The Labute approximate surface area is 122 Å². The Bertz CT molecular complexity index is 504. The zero-order chi connectivity index (χ0) is 16.0. The molecule has 1 aromatic rings. The van der Waals surface area contributed by atoms with Crippen LogP contribution >= 0.6 is 11.3 Å².